The molecule has 0 saturated heterocycles. The summed E-state index contributed by atoms with van der Waals surface area (Å²) in [5.74, 6) is 0.123. The van der Waals surface area contributed by atoms with E-state index in [4.69, 9.17) is 16.2 Å². The number of halogens is 1. The first-order chi connectivity index (χ1) is 12.5. The van der Waals surface area contributed by atoms with Gasteiger partial charge in [0, 0.05) is 16.6 Å². The van der Waals surface area contributed by atoms with Crippen LogP contribution in [-0.4, -0.2) is 19.7 Å². The second-order valence-electron chi connectivity index (χ2n) is 6.58. The van der Waals surface area contributed by atoms with Gasteiger partial charge >= 0.3 is 0 Å². The highest BCUT2D eigenvalue weighted by Crippen LogP contribution is 2.36. The van der Waals surface area contributed by atoms with E-state index in [1.807, 2.05) is 11.4 Å². The smallest absolute Gasteiger partial charge is 0.233 e. The van der Waals surface area contributed by atoms with Crippen molar-refractivity contribution in [2.75, 3.05) is 5.32 Å². The Kier molecular flexibility index (Phi) is 6.80. The lowest BCUT2D eigenvalue weighted by molar-refractivity contribution is -0.118. The van der Waals surface area contributed by atoms with E-state index in [0.717, 1.165) is 24.8 Å². The number of nitrogens with one attached hydrogen (secondary N) is 1. The summed E-state index contributed by atoms with van der Waals surface area (Å²) in [6.07, 6.45) is 7.17. The molecule has 1 aromatic carbocycles. The lowest BCUT2D eigenvalue weighted by atomic mass is 9.87. The molecule has 2 unspecified atom stereocenters. The number of rotatable bonds is 7. The van der Waals surface area contributed by atoms with Gasteiger partial charge in [-0.25, -0.2) is 9.19 Å². The zero-order chi connectivity index (χ0) is 18.5. The van der Waals surface area contributed by atoms with Gasteiger partial charge in [0.2, 0.25) is 5.91 Å². The second-order valence-corrected chi connectivity index (χ2v) is 8.82. The molecule has 3 rings (SSSR count). The van der Waals surface area contributed by atoms with Gasteiger partial charge in [-0.05, 0) is 29.5 Å². The van der Waals surface area contributed by atoms with Gasteiger partial charge in [0.15, 0.2) is 16.2 Å². The number of nitrogens with zero attached hydrogens (tertiary/aromatic N) is 1. The van der Waals surface area contributed by atoms with Crippen LogP contribution in [0.3, 0.4) is 0 Å². The highest BCUT2D eigenvalue weighted by atomic mass is 35.5. The Bertz CT molecular complexity index is 777. The fraction of sp³-hybridized carbons (Fsp3) is 0.444. The molecule has 2 N–H and O–H groups in total. The first-order valence-corrected chi connectivity index (χ1v) is 11.1. The predicted molar refractivity (Wildman–Crippen MR) is 106 cm³/mol. The molecule has 1 aromatic heterocycles. The molecular formula is C18H21ClN2O3S2. The van der Waals surface area contributed by atoms with E-state index in [0.29, 0.717) is 21.6 Å². The summed E-state index contributed by atoms with van der Waals surface area (Å²) in [7, 11) is 0. The van der Waals surface area contributed by atoms with Crippen molar-refractivity contribution in [1.82, 2.24) is 4.98 Å². The molecule has 1 aliphatic carbocycles. The van der Waals surface area contributed by atoms with Crippen molar-refractivity contribution in [2.24, 2.45) is 5.92 Å². The van der Waals surface area contributed by atoms with Crippen LogP contribution in [0.4, 0.5) is 5.13 Å². The minimum Gasteiger partial charge on any atom is -0.306 e. The van der Waals surface area contributed by atoms with Gasteiger partial charge < -0.3 is 9.87 Å². The first-order valence-electron chi connectivity index (χ1n) is 8.59. The molecule has 0 spiro atoms. The standard InChI is InChI=1S/C18H21ClN2O3S2/c19-16-10-13(5-6-14(16)11-26(23)24)15(9-12-3-1-2-4-12)17(22)21-18-20-7-8-25-18/h5-8,10,12,15H,1-4,9,11H2,(H,23,24)(H,20,21,22). The lowest BCUT2D eigenvalue weighted by Gasteiger charge is -2.21. The Labute approximate surface area is 164 Å². The van der Waals surface area contributed by atoms with Gasteiger partial charge in [0.05, 0.1) is 11.7 Å². The zero-order valence-electron chi connectivity index (χ0n) is 14.2. The lowest BCUT2D eigenvalue weighted by Crippen LogP contribution is -2.23. The topological polar surface area (TPSA) is 79.3 Å². The number of hydrogen-bond donors (Lipinski definition) is 2. The van der Waals surface area contributed by atoms with Crippen LogP contribution in [0, 0.1) is 5.92 Å². The largest absolute Gasteiger partial charge is 0.306 e. The fourth-order valence-corrected chi connectivity index (χ4v) is 4.87. The van der Waals surface area contributed by atoms with Gasteiger partial charge in [0.25, 0.3) is 0 Å². The Morgan fingerprint density at radius 2 is 2.19 bits per heavy atom. The van der Waals surface area contributed by atoms with Crippen LogP contribution in [0.5, 0.6) is 0 Å². The molecule has 1 fully saturated rings. The maximum Gasteiger partial charge on any atom is 0.233 e. The van der Waals surface area contributed by atoms with Gasteiger partial charge in [-0.1, -0.05) is 49.4 Å². The third-order valence-electron chi connectivity index (χ3n) is 4.78. The number of benzene rings is 1. The second kappa shape index (κ2) is 9.08. The molecular weight excluding hydrogens is 392 g/mol. The number of carbonyl (C=O) groups excluding carboxylic acids is 1. The van der Waals surface area contributed by atoms with Crippen LogP contribution >= 0.6 is 22.9 Å². The molecule has 2 atom stereocenters. The summed E-state index contributed by atoms with van der Waals surface area (Å²) in [6.45, 7) is 0. The quantitative estimate of drug-likeness (QED) is 0.639. The van der Waals surface area contributed by atoms with Crippen molar-refractivity contribution in [2.45, 2.75) is 43.8 Å². The maximum atomic E-state index is 12.9. The molecule has 5 nitrogen and oxygen atoms in total. The SMILES string of the molecule is O=C(Nc1nccs1)C(CC1CCCC1)c1ccc(CS(=O)O)c(Cl)c1. The van der Waals surface area contributed by atoms with Crippen molar-refractivity contribution in [3.8, 4) is 0 Å². The number of carbonyl (C=O) groups is 1. The summed E-state index contributed by atoms with van der Waals surface area (Å²) in [6, 6.07) is 5.34. The van der Waals surface area contributed by atoms with Gasteiger partial charge in [-0.15, -0.1) is 11.3 Å². The van der Waals surface area contributed by atoms with Crippen LogP contribution in [0.1, 0.15) is 49.1 Å². The van der Waals surface area contributed by atoms with Crippen LogP contribution in [-0.2, 0) is 21.6 Å². The number of hydrogen-bond acceptors (Lipinski definition) is 4. The zero-order valence-corrected chi connectivity index (χ0v) is 16.6. The third-order valence-corrected chi connectivity index (χ3v) is 6.38. The van der Waals surface area contributed by atoms with Crippen molar-refractivity contribution in [3.63, 3.8) is 0 Å². The number of thiazole rings is 1. The minimum atomic E-state index is -1.95. The molecule has 0 radical (unpaired) electrons. The molecule has 1 aliphatic rings. The van der Waals surface area contributed by atoms with Gasteiger partial charge in [0.1, 0.15) is 0 Å². The van der Waals surface area contributed by atoms with Crippen molar-refractivity contribution < 1.29 is 13.6 Å². The average molecular weight is 413 g/mol. The Hall–Kier alpha value is -1.28. The van der Waals surface area contributed by atoms with E-state index in [-0.39, 0.29) is 17.6 Å². The van der Waals surface area contributed by atoms with Crippen LogP contribution < -0.4 is 5.32 Å². The minimum absolute atomic E-state index is 0.0162. The normalized spacial score (nSPS) is 17.2. The van der Waals surface area contributed by atoms with E-state index >= 15 is 0 Å². The Balaban J connectivity index is 1.82. The molecule has 0 bridgehead atoms. The molecule has 8 heteroatoms. The van der Waals surface area contributed by atoms with Crippen molar-refractivity contribution in [1.29, 1.82) is 0 Å². The van der Waals surface area contributed by atoms with Crippen molar-refractivity contribution >= 4 is 45.1 Å². The molecule has 0 aliphatic heterocycles. The van der Waals surface area contributed by atoms with E-state index in [2.05, 4.69) is 10.3 Å². The summed E-state index contributed by atoms with van der Waals surface area (Å²) in [5, 5.41) is 5.73. The van der Waals surface area contributed by atoms with E-state index < -0.39 is 11.1 Å². The maximum absolute atomic E-state index is 12.9. The fourth-order valence-electron chi connectivity index (χ4n) is 3.48. The van der Waals surface area contributed by atoms with Crippen LogP contribution in [0.15, 0.2) is 29.8 Å². The monoisotopic (exact) mass is 412 g/mol. The molecule has 26 heavy (non-hydrogen) atoms. The number of anilines is 1. The predicted octanol–water partition coefficient (Wildman–Crippen LogP) is 4.82. The summed E-state index contributed by atoms with van der Waals surface area (Å²) < 4.78 is 20.1. The Morgan fingerprint density at radius 3 is 2.81 bits per heavy atom. The third kappa shape index (κ3) is 5.13. The molecule has 140 valence electrons. The molecule has 1 heterocycles. The van der Waals surface area contributed by atoms with E-state index in [1.165, 1.54) is 24.2 Å². The molecule has 1 amide bonds. The molecule has 2 aromatic rings. The summed E-state index contributed by atoms with van der Waals surface area (Å²) in [4.78, 5) is 17.0. The first kappa shape index (κ1) is 19.5. The summed E-state index contributed by atoms with van der Waals surface area (Å²) in [5.41, 5.74) is 1.44. The van der Waals surface area contributed by atoms with Gasteiger partial charge in [-0.3, -0.25) is 4.79 Å². The van der Waals surface area contributed by atoms with Crippen molar-refractivity contribution in [3.05, 3.63) is 45.9 Å². The Morgan fingerprint density at radius 1 is 1.42 bits per heavy atom. The summed E-state index contributed by atoms with van der Waals surface area (Å²) >= 11 is 5.73. The number of aromatic nitrogens is 1. The van der Waals surface area contributed by atoms with Crippen LogP contribution in [0.2, 0.25) is 5.02 Å². The average Bonchev–Trinajstić information content (AvgIpc) is 3.28. The van der Waals surface area contributed by atoms with E-state index in [1.54, 1.807) is 18.3 Å². The highest BCUT2D eigenvalue weighted by molar-refractivity contribution is 7.78. The highest BCUT2D eigenvalue weighted by Gasteiger charge is 2.27. The number of amides is 1. The van der Waals surface area contributed by atoms with E-state index in [9.17, 15) is 9.00 Å². The van der Waals surface area contributed by atoms with Gasteiger partial charge in [-0.2, -0.15) is 0 Å². The molecule has 1 saturated carbocycles. The van der Waals surface area contributed by atoms with Crippen LogP contribution in [0.25, 0.3) is 0 Å².